The van der Waals surface area contributed by atoms with Gasteiger partial charge in [0.15, 0.2) is 17.5 Å². The van der Waals surface area contributed by atoms with Gasteiger partial charge in [-0.3, -0.25) is 4.79 Å². The zero-order valence-corrected chi connectivity index (χ0v) is 18.8. The van der Waals surface area contributed by atoms with Crippen LogP contribution in [0.2, 0.25) is 0 Å². The van der Waals surface area contributed by atoms with Gasteiger partial charge in [0.25, 0.3) is 0 Å². The number of ether oxygens (including phenoxy) is 4. The third kappa shape index (κ3) is 5.33. The molecular weight excluding hydrogens is 477 g/mol. The molecule has 28 heavy (non-hydrogen) atoms. The minimum atomic E-state index is -0.160. The molecule has 0 aromatic heterocycles. The zero-order chi connectivity index (χ0) is 19.2. The number of aliphatic imine (C=N–C) groups is 1. The van der Waals surface area contributed by atoms with Gasteiger partial charge >= 0.3 is 5.97 Å². The molecule has 8 nitrogen and oxygen atoms in total. The van der Waals surface area contributed by atoms with E-state index in [9.17, 15) is 4.79 Å². The fraction of sp³-hybridized carbons (Fsp3) is 0.579. The first-order chi connectivity index (χ1) is 13.1. The molecular formula is C19H28IN3O5. The summed E-state index contributed by atoms with van der Waals surface area (Å²) in [5.41, 5.74) is 0. The summed E-state index contributed by atoms with van der Waals surface area (Å²) in [6.45, 7) is 7.43. The number of esters is 1. The minimum Gasteiger partial charge on any atom is -0.492 e. The Morgan fingerprint density at radius 1 is 1.32 bits per heavy atom. The van der Waals surface area contributed by atoms with Crippen molar-refractivity contribution < 1.29 is 23.7 Å². The van der Waals surface area contributed by atoms with Crippen LogP contribution in [0.5, 0.6) is 17.2 Å². The number of hydrogen-bond donors (Lipinski definition) is 1. The Hall–Kier alpha value is -1.91. The molecule has 1 aromatic rings. The molecule has 0 amide bonds. The molecule has 2 unspecified atom stereocenters. The monoisotopic (exact) mass is 505 g/mol. The maximum atomic E-state index is 11.9. The molecule has 0 aliphatic carbocycles. The summed E-state index contributed by atoms with van der Waals surface area (Å²) in [6, 6.07) is 5.51. The van der Waals surface area contributed by atoms with Gasteiger partial charge in [0, 0.05) is 25.7 Å². The highest BCUT2D eigenvalue weighted by Crippen LogP contribution is 2.35. The van der Waals surface area contributed by atoms with Gasteiger partial charge in [-0.2, -0.15) is 0 Å². The minimum absolute atomic E-state index is 0. The Balaban J connectivity index is 0.00000280. The highest BCUT2D eigenvalue weighted by Gasteiger charge is 2.36. The molecule has 0 saturated carbocycles. The number of guanidine groups is 1. The van der Waals surface area contributed by atoms with Crippen molar-refractivity contribution in [2.75, 3.05) is 46.7 Å². The molecule has 1 saturated heterocycles. The number of likely N-dealkylation sites (tertiary alicyclic amines) is 1. The van der Waals surface area contributed by atoms with E-state index in [0.717, 1.165) is 30.5 Å². The topological polar surface area (TPSA) is 81.6 Å². The number of hydrogen-bond acceptors (Lipinski definition) is 6. The van der Waals surface area contributed by atoms with Crippen LogP contribution in [0.3, 0.4) is 0 Å². The molecule has 2 heterocycles. The zero-order valence-electron chi connectivity index (χ0n) is 16.5. The van der Waals surface area contributed by atoms with Gasteiger partial charge in [0.2, 0.25) is 6.79 Å². The predicted molar refractivity (Wildman–Crippen MR) is 116 cm³/mol. The maximum Gasteiger partial charge on any atom is 0.310 e. The van der Waals surface area contributed by atoms with Crippen LogP contribution in [0.4, 0.5) is 0 Å². The van der Waals surface area contributed by atoms with Crippen molar-refractivity contribution >= 4 is 35.9 Å². The van der Waals surface area contributed by atoms with Crippen molar-refractivity contribution in [1.82, 2.24) is 10.2 Å². The largest absolute Gasteiger partial charge is 0.492 e. The molecule has 1 aromatic carbocycles. The Morgan fingerprint density at radius 2 is 2.11 bits per heavy atom. The molecule has 156 valence electrons. The van der Waals surface area contributed by atoms with Crippen LogP contribution < -0.4 is 19.5 Å². The second-order valence-corrected chi connectivity index (χ2v) is 6.61. The molecule has 2 atom stereocenters. The molecule has 1 fully saturated rings. The Kier molecular flexibility index (Phi) is 8.46. The van der Waals surface area contributed by atoms with Gasteiger partial charge in [-0.15, -0.1) is 24.0 Å². The average Bonchev–Trinajstić information content (AvgIpc) is 3.29. The van der Waals surface area contributed by atoms with Crippen LogP contribution in [0.15, 0.2) is 23.2 Å². The van der Waals surface area contributed by atoms with Crippen molar-refractivity contribution in [3.05, 3.63) is 18.2 Å². The molecule has 2 aliphatic heterocycles. The number of nitrogens with zero attached hydrogens (tertiary/aromatic N) is 2. The molecule has 2 aliphatic rings. The number of rotatable bonds is 6. The average molecular weight is 505 g/mol. The number of halogens is 1. The van der Waals surface area contributed by atoms with Crippen molar-refractivity contribution in [2.45, 2.75) is 13.8 Å². The van der Waals surface area contributed by atoms with E-state index in [1.807, 2.05) is 25.1 Å². The maximum absolute atomic E-state index is 11.9. The Labute approximate surface area is 182 Å². The summed E-state index contributed by atoms with van der Waals surface area (Å²) in [6.07, 6.45) is 0. The standard InChI is InChI=1S/C19H27N3O5.HI/c1-4-20-19(22-10-13(2)15(11-22)18(23)24-3)21-7-8-25-14-5-6-16-17(9-14)27-12-26-16;/h5-6,9,13,15H,4,7-8,10-12H2,1-3H3,(H,20,21);1H. The fourth-order valence-electron chi connectivity index (χ4n) is 3.31. The van der Waals surface area contributed by atoms with Crippen LogP contribution in [-0.4, -0.2) is 63.5 Å². The molecule has 1 N–H and O–H groups in total. The number of benzene rings is 1. The number of methoxy groups -OCH3 is 1. The molecule has 0 spiro atoms. The van der Waals surface area contributed by atoms with E-state index < -0.39 is 0 Å². The third-order valence-electron chi connectivity index (χ3n) is 4.72. The van der Waals surface area contributed by atoms with Crippen LogP contribution in [-0.2, 0) is 9.53 Å². The van der Waals surface area contributed by atoms with Crippen LogP contribution in [0.1, 0.15) is 13.8 Å². The molecule has 9 heteroatoms. The van der Waals surface area contributed by atoms with Crippen molar-refractivity contribution in [1.29, 1.82) is 0 Å². The first-order valence-corrected chi connectivity index (χ1v) is 9.26. The smallest absolute Gasteiger partial charge is 0.310 e. The van der Waals surface area contributed by atoms with Gasteiger partial charge in [0.05, 0.1) is 19.6 Å². The number of nitrogens with one attached hydrogen (secondary N) is 1. The lowest BCUT2D eigenvalue weighted by molar-refractivity contribution is -0.145. The summed E-state index contributed by atoms with van der Waals surface area (Å²) in [5.74, 6) is 2.90. The van der Waals surface area contributed by atoms with Crippen molar-refractivity contribution in [2.24, 2.45) is 16.8 Å². The highest BCUT2D eigenvalue weighted by atomic mass is 127. The van der Waals surface area contributed by atoms with Gasteiger partial charge in [-0.05, 0) is 25.0 Å². The lowest BCUT2D eigenvalue weighted by Crippen LogP contribution is -2.41. The lowest BCUT2D eigenvalue weighted by atomic mass is 9.99. The quantitative estimate of drug-likeness (QED) is 0.209. The van der Waals surface area contributed by atoms with Gasteiger partial charge in [0.1, 0.15) is 12.4 Å². The summed E-state index contributed by atoms with van der Waals surface area (Å²) in [5, 5.41) is 3.29. The second kappa shape index (κ2) is 10.6. The number of fused-ring (bicyclic) bond motifs is 1. The summed E-state index contributed by atoms with van der Waals surface area (Å²) >= 11 is 0. The van der Waals surface area contributed by atoms with E-state index >= 15 is 0 Å². The number of carbonyl (C=O) groups is 1. The first-order valence-electron chi connectivity index (χ1n) is 9.26. The lowest BCUT2D eigenvalue weighted by Gasteiger charge is -2.21. The molecule has 3 rings (SSSR count). The van der Waals surface area contributed by atoms with Crippen LogP contribution in [0.25, 0.3) is 0 Å². The summed E-state index contributed by atoms with van der Waals surface area (Å²) < 4.78 is 21.3. The van der Waals surface area contributed by atoms with Crippen molar-refractivity contribution in [3.8, 4) is 17.2 Å². The van der Waals surface area contributed by atoms with Gasteiger partial charge in [-0.1, -0.05) is 6.92 Å². The van der Waals surface area contributed by atoms with Crippen molar-refractivity contribution in [3.63, 3.8) is 0 Å². The van der Waals surface area contributed by atoms with Gasteiger partial charge < -0.3 is 29.2 Å². The normalized spacial score (nSPS) is 20.5. The van der Waals surface area contributed by atoms with E-state index in [0.29, 0.717) is 25.4 Å². The molecule has 0 radical (unpaired) electrons. The van der Waals surface area contributed by atoms with Crippen LogP contribution in [0, 0.1) is 11.8 Å². The van der Waals surface area contributed by atoms with E-state index in [1.165, 1.54) is 7.11 Å². The van der Waals surface area contributed by atoms with Gasteiger partial charge in [-0.25, -0.2) is 4.99 Å². The van der Waals surface area contributed by atoms with Crippen LogP contribution >= 0.6 is 24.0 Å². The van der Waals surface area contributed by atoms with E-state index in [2.05, 4.69) is 22.1 Å². The SMILES string of the molecule is CCNC(=NCCOc1ccc2c(c1)OCO2)N1CC(C)C(C(=O)OC)C1.I. The number of carbonyl (C=O) groups excluding carboxylic acids is 1. The van der Waals surface area contributed by atoms with E-state index in [4.69, 9.17) is 18.9 Å². The third-order valence-corrected chi connectivity index (χ3v) is 4.72. The highest BCUT2D eigenvalue weighted by molar-refractivity contribution is 14.0. The second-order valence-electron chi connectivity index (χ2n) is 6.61. The van der Waals surface area contributed by atoms with E-state index in [-0.39, 0.29) is 48.6 Å². The summed E-state index contributed by atoms with van der Waals surface area (Å²) in [4.78, 5) is 18.6. The Morgan fingerprint density at radius 3 is 2.86 bits per heavy atom. The Bertz CT molecular complexity index is 700. The predicted octanol–water partition coefficient (Wildman–Crippen LogP) is 2.12. The first kappa shape index (κ1) is 22.4. The van der Waals surface area contributed by atoms with E-state index in [1.54, 1.807) is 0 Å². The summed E-state index contributed by atoms with van der Waals surface area (Å²) in [7, 11) is 1.43. The molecule has 0 bridgehead atoms. The fourth-order valence-corrected chi connectivity index (χ4v) is 3.31.